The van der Waals surface area contributed by atoms with E-state index in [1.54, 1.807) is 35.7 Å². The van der Waals surface area contributed by atoms with E-state index in [4.69, 9.17) is 21.1 Å². The van der Waals surface area contributed by atoms with Gasteiger partial charge in [0, 0.05) is 24.4 Å². The van der Waals surface area contributed by atoms with Crippen LogP contribution in [0.25, 0.3) is 6.08 Å². The Morgan fingerprint density at radius 3 is 2.81 bits per heavy atom. The lowest BCUT2D eigenvalue weighted by Crippen LogP contribution is -2.22. The van der Waals surface area contributed by atoms with Crippen molar-refractivity contribution in [2.24, 2.45) is 0 Å². The topological polar surface area (TPSA) is 92.5 Å². The van der Waals surface area contributed by atoms with Gasteiger partial charge in [0.05, 0.1) is 18.0 Å². The van der Waals surface area contributed by atoms with E-state index in [-0.39, 0.29) is 24.7 Å². The van der Waals surface area contributed by atoms with Gasteiger partial charge in [0.2, 0.25) is 5.91 Å². The lowest BCUT2D eigenvalue weighted by atomic mass is 10.2. The summed E-state index contributed by atoms with van der Waals surface area (Å²) in [5, 5.41) is 11.7. The normalized spacial score (nSPS) is 11.0. The molecule has 0 radical (unpaired) electrons. The fourth-order valence-corrected chi connectivity index (χ4v) is 3.10. The molecule has 1 heterocycles. The Balaban J connectivity index is 2.26. The molecular formula is C18H16ClN3O4S. The first-order chi connectivity index (χ1) is 13.0. The van der Waals surface area contributed by atoms with Crippen LogP contribution in [0.3, 0.4) is 0 Å². The second-order valence-electron chi connectivity index (χ2n) is 5.19. The molecule has 0 saturated carbocycles. The Labute approximate surface area is 165 Å². The molecule has 0 aliphatic rings. The summed E-state index contributed by atoms with van der Waals surface area (Å²) < 4.78 is 9.71. The van der Waals surface area contributed by atoms with Crippen molar-refractivity contribution in [1.82, 2.24) is 4.98 Å². The Morgan fingerprint density at radius 1 is 1.41 bits per heavy atom. The number of carbonyl (C=O) groups excluding carboxylic acids is 2. The van der Waals surface area contributed by atoms with Crippen molar-refractivity contribution in [3.05, 3.63) is 45.9 Å². The van der Waals surface area contributed by atoms with E-state index >= 15 is 0 Å². The summed E-state index contributed by atoms with van der Waals surface area (Å²) in [5.41, 5.74) is 0.739. The zero-order chi connectivity index (χ0) is 19.8. The molecule has 140 valence electrons. The van der Waals surface area contributed by atoms with Crippen LogP contribution in [0.1, 0.15) is 12.6 Å². The van der Waals surface area contributed by atoms with Crippen molar-refractivity contribution >= 4 is 51.7 Å². The third-order valence-electron chi connectivity index (χ3n) is 3.24. The second-order valence-corrected chi connectivity index (χ2v) is 6.46. The van der Waals surface area contributed by atoms with Gasteiger partial charge in [-0.05, 0) is 24.3 Å². The zero-order valence-electron chi connectivity index (χ0n) is 14.6. The van der Waals surface area contributed by atoms with E-state index < -0.39 is 5.97 Å². The van der Waals surface area contributed by atoms with Crippen molar-refractivity contribution in [1.29, 1.82) is 5.26 Å². The number of nitrogens with zero attached hydrogens (tertiary/aromatic N) is 3. The van der Waals surface area contributed by atoms with Gasteiger partial charge in [-0.25, -0.2) is 9.78 Å². The highest BCUT2D eigenvalue weighted by atomic mass is 35.5. The molecule has 0 saturated heterocycles. The van der Waals surface area contributed by atoms with E-state index in [2.05, 4.69) is 4.98 Å². The van der Waals surface area contributed by atoms with Crippen LogP contribution in [0.4, 0.5) is 10.8 Å². The van der Waals surface area contributed by atoms with Crippen molar-refractivity contribution < 1.29 is 19.1 Å². The number of thiazole rings is 1. The maximum Gasteiger partial charge on any atom is 0.349 e. The molecule has 0 spiro atoms. The maximum absolute atomic E-state index is 12.1. The van der Waals surface area contributed by atoms with Gasteiger partial charge in [-0.15, -0.1) is 11.3 Å². The first-order valence-electron chi connectivity index (χ1n) is 7.76. The average molecular weight is 406 g/mol. The van der Waals surface area contributed by atoms with Gasteiger partial charge in [-0.1, -0.05) is 17.7 Å². The summed E-state index contributed by atoms with van der Waals surface area (Å²) in [5.74, 6) is -1.01. The fourth-order valence-electron chi connectivity index (χ4n) is 2.07. The van der Waals surface area contributed by atoms with Gasteiger partial charge in [0.25, 0.3) is 0 Å². The highest BCUT2D eigenvalue weighted by molar-refractivity contribution is 7.14. The summed E-state index contributed by atoms with van der Waals surface area (Å²) in [6, 6.07) is 8.60. The van der Waals surface area contributed by atoms with Crippen molar-refractivity contribution in [2.45, 2.75) is 6.92 Å². The van der Waals surface area contributed by atoms with Crippen LogP contribution in [0, 0.1) is 11.3 Å². The summed E-state index contributed by atoms with van der Waals surface area (Å²) in [6.45, 7) is 1.69. The number of anilines is 2. The summed E-state index contributed by atoms with van der Waals surface area (Å²) in [4.78, 5) is 29.7. The summed E-state index contributed by atoms with van der Waals surface area (Å²) in [6.07, 6.45) is 1.31. The number of aromatic nitrogens is 1. The monoisotopic (exact) mass is 405 g/mol. The first-order valence-corrected chi connectivity index (χ1v) is 9.01. The van der Waals surface area contributed by atoms with E-state index in [1.165, 1.54) is 36.3 Å². The third-order valence-corrected chi connectivity index (χ3v) is 4.31. The summed E-state index contributed by atoms with van der Waals surface area (Å²) in [7, 11) is 1.48. The average Bonchev–Trinajstić information content (AvgIpc) is 3.07. The smallest absolute Gasteiger partial charge is 0.349 e. The second kappa shape index (κ2) is 9.83. The van der Waals surface area contributed by atoms with Crippen LogP contribution in [-0.4, -0.2) is 37.2 Å². The molecule has 2 rings (SSSR count). The maximum atomic E-state index is 12.1. The number of hydrogen-bond donors (Lipinski definition) is 0. The molecule has 0 bridgehead atoms. The number of esters is 1. The highest BCUT2D eigenvalue weighted by Crippen LogP contribution is 2.31. The van der Waals surface area contributed by atoms with Gasteiger partial charge in [0.1, 0.15) is 18.2 Å². The minimum absolute atomic E-state index is 0.0452. The van der Waals surface area contributed by atoms with Gasteiger partial charge in [0.15, 0.2) is 5.13 Å². The number of rotatable bonds is 7. The van der Waals surface area contributed by atoms with Gasteiger partial charge < -0.3 is 9.47 Å². The van der Waals surface area contributed by atoms with E-state index in [1.807, 2.05) is 0 Å². The van der Waals surface area contributed by atoms with Crippen LogP contribution in [-0.2, 0) is 19.1 Å². The Bertz CT molecular complexity index is 904. The van der Waals surface area contributed by atoms with Crippen LogP contribution < -0.4 is 4.90 Å². The molecule has 0 aliphatic carbocycles. The molecule has 2 aromatic rings. The molecule has 27 heavy (non-hydrogen) atoms. The highest BCUT2D eigenvalue weighted by Gasteiger charge is 2.19. The molecule has 9 heteroatoms. The minimum atomic E-state index is -0.762. The van der Waals surface area contributed by atoms with Crippen molar-refractivity contribution in [2.75, 3.05) is 25.2 Å². The van der Waals surface area contributed by atoms with Crippen molar-refractivity contribution in [3.63, 3.8) is 0 Å². The Kier molecular flexibility index (Phi) is 7.49. The lowest BCUT2D eigenvalue weighted by molar-refractivity contribution is -0.139. The summed E-state index contributed by atoms with van der Waals surface area (Å²) >= 11 is 7.20. The number of amides is 1. The molecule has 7 nitrogen and oxygen atoms in total. The number of hydrogen-bond acceptors (Lipinski definition) is 7. The van der Waals surface area contributed by atoms with E-state index in [9.17, 15) is 14.9 Å². The molecule has 1 aromatic carbocycles. The molecule has 1 amide bonds. The molecule has 0 unspecified atom stereocenters. The predicted octanol–water partition coefficient (Wildman–Crippen LogP) is 3.58. The van der Waals surface area contributed by atoms with E-state index in [0.29, 0.717) is 21.5 Å². The number of nitriles is 1. The first kappa shape index (κ1) is 20.6. The third kappa shape index (κ3) is 5.62. The van der Waals surface area contributed by atoms with Crippen LogP contribution in [0.2, 0.25) is 5.02 Å². The van der Waals surface area contributed by atoms with Gasteiger partial charge >= 0.3 is 5.97 Å². The predicted molar refractivity (Wildman–Crippen MR) is 103 cm³/mol. The molecule has 0 atom stereocenters. The van der Waals surface area contributed by atoms with Crippen LogP contribution in [0.15, 0.2) is 35.2 Å². The number of methoxy groups -OCH3 is 1. The standard InChI is InChI=1S/C18H16ClN3O4S/c1-12(23)22(16-5-3-4-14(19)9-16)18-21-15(11-27-18)8-13(10-20)17(24)26-7-6-25-2/h3-5,8-9,11H,6-7H2,1-2H3/b13-8+. The lowest BCUT2D eigenvalue weighted by Gasteiger charge is -2.18. The van der Waals surface area contributed by atoms with Gasteiger partial charge in [-0.2, -0.15) is 5.26 Å². The number of ether oxygens (including phenoxy) is 2. The molecule has 0 N–H and O–H groups in total. The Morgan fingerprint density at radius 2 is 2.19 bits per heavy atom. The van der Waals surface area contributed by atoms with Crippen LogP contribution in [0.5, 0.6) is 0 Å². The number of halogens is 1. The fraction of sp³-hybridized carbons (Fsp3) is 0.222. The van der Waals surface area contributed by atoms with E-state index in [0.717, 1.165) is 0 Å². The number of benzene rings is 1. The van der Waals surface area contributed by atoms with Crippen LogP contribution >= 0.6 is 22.9 Å². The SMILES string of the molecule is COCCOC(=O)/C(C#N)=C/c1csc(N(C(C)=O)c2cccc(Cl)c2)n1. The van der Waals surface area contributed by atoms with Crippen molar-refractivity contribution in [3.8, 4) is 6.07 Å². The minimum Gasteiger partial charge on any atom is -0.459 e. The molecule has 0 fully saturated rings. The largest absolute Gasteiger partial charge is 0.459 e. The Hall–Kier alpha value is -2.73. The molecule has 1 aromatic heterocycles. The van der Waals surface area contributed by atoms with Gasteiger partial charge in [-0.3, -0.25) is 9.69 Å². The molecular weight excluding hydrogens is 390 g/mol. The zero-order valence-corrected chi connectivity index (χ0v) is 16.2. The number of carbonyl (C=O) groups is 2. The quantitative estimate of drug-likeness (QED) is 0.302. The molecule has 0 aliphatic heterocycles.